The van der Waals surface area contributed by atoms with Crippen LogP contribution in [0, 0.1) is 13.8 Å². The second-order valence-corrected chi connectivity index (χ2v) is 9.93. The summed E-state index contributed by atoms with van der Waals surface area (Å²) in [5, 5.41) is 0.754. The Labute approximate surface area is 193 Å². The molecule has 0 unspecified atom stereocenters. The van der Waals surface area contributed by atoms with Crippen molar-refractivity contribution in [2.75, 3.05) is 0 Å². The lowest BCUT2D eigenvalue weighted by atomic mass is 10.0. The fourth-order valence-corrected chi connectivity index (χ4v) is 5.14. The molecule has 2 aromatic carbocycles. The molecule has 2 heterocycles. The summed E-state index contributed by atoms with van der Waals surface area (Å²) in [6, 6.07) is 12.0. The SMILES string of the molecule is Cc1ccc(C)c2[nH]c(=O)c(CN(Cc3ccco3)S(=O)(=O)c3cccc(C(F)(F)F)c3)cc12. The van der Waals surface area contributed by atoms with Crippen LogP contribution in [0.1, 0.15) is 28.0 Å². The molecule has 2 aromatic heterocycles. The molecule has 1 N–H and O–H groups in total. The highest BCUT2D eigenvalue weighted by atomic mass is 32.2. The van der Waals surface area contributed by atoms with Gasteiger partial charge in [-0.2, -0.15) is 17.5 Å². The Hall–Kier alpha value is -3.37. The summed E-state index contributed by atoms with van der Waals surface area (Å²) in [5.41, 5.74) is 0.978. The van der Waals surface area contributed by atoms with Gasteiger partial charge in [-0.3, -0.25) is 4.79 Å². The summed E-state index contributed by atoms with van der Waals surface area (Å²) in [4.78, 5) is 15.1. The predicted octanol–water partition coefficient (Wildman–Crippen LogP) is 5.15. The highest BCUT2D eigenvalue weighted by molar-refractivity contribution is 7.89. The van der Waals surface area contributed by atoms with Gasteiger partial charge in [-0.05, 0) is 61.4 Å². The standard InChI is InChI=1S/C24H21F3N2O4S/c1-15-8-9-16(2)22-21(15)11-17(23(30)28-22)13-29(14-19-6-4-10-33-19)34(31,32)20-7-3-5-18(12-20)24(25,26)27/h3-12H,13-14H2,1-2H3,(H,28,30). The molecule has 34 heavy (non-hydrogen) atoms. The third-order valence-electron chi connectivity index (χ3n) is 5.58. The molecule has 6 nitrogen and oxygen atoms in total. The van der Waals surface area contributed by atoms with E-state index in [9.17, 15) is 26.4 Å². The maximum atomic E-state index is 13.4. The molecule has 4 rings (SSSR count). The molecule has 10 heteroatoms. The number of nitrogens with one attached hydrogen (secondary N) is 1. The first-order valence-electron chi connectivity index (χ1n) is 10.3. The Morgan fingerprint density at radius 2 is 1.71 bits per heavy atom. The second kappa shape index (κ2) is 8.77. The van der Waals surface area contributed by atoms with Crippen LogP contribution in [0.25, 0.3) is 10.9 Å². The van der Waals surface area contributed by atoms with E-state index in [1.54, 1.807) is 18.2 Å². The highest BCUT2D eigenvalue weighted by Gasteiger charge is 2.33. The summed E-state index contributed by atoms with van der Waals surface area (Å²) in [7, 11) is -4.43. The van der Waals surface area contributed by atoms with Crippen LogP contribution in [0.5, 0.6) is 0 Å². The molecule has 0 bridgehead atoms. The van der Waals surface area contributed by atoms with Gasteiger partial charge in [0.1, 0.15) is 5.76 Å². The molecule has 0 saturated carbocycles. The summed E-state index contributed by atoms with van der Waals surface area (Å²) in [6.45, 7) is 3.08. The minimum absolute atomic E-state index is 0.156. The number of rotatable bonds is 6. The smallest absolute Gasteiger partial charge is 0.416 e. The van der Waals surface area contributed by atoms with E-state index >= 15 is 0 Å². The van der Waals surface area contributed by atoms with Gasteiger partial charge in [0.15, 0.2) is 0 Å². The minimum atomic E-state index is -4.71. The Bertz CT molecular complexity index is 1510. The van der Waals surface area contributed by atoms with Gasteiger partial charge in [-0.1, -0.05) is 18.2 Å². The van der Waals surface area contributed by atoms with Crippen molar-refractivity contribution in [3.63, 3.8) is 0 Å². The van der Waals surface area contributed by atoms with Crippen molar-refractivity contribution in [2.24, 2.45) is 0 Å². The number of pyridine rings is 1. The van der Waals surface area contributed by atoms with E-state index in [0.717, 1.165) is 39.0 Å². The van der Waals surface area contributed by atoms with Crippen LogP contribution >= 0.6 is 0 Å². The number of H-pyrrole nitrogens is 1. The molecule has 0 spiro atoms. The Kier molecular flexibility index (Phi) is 6.13. The Morgan fingerprint density at radius 1 is 0.971 bits per heavy atom. The van der Waals surface area contributed by atoms with Gasteiger partial charge < -0.3 is 9.40 Å². The molecule has 4 aromatic rings. The number of benzene rings is 2. The van der Waals surface area contributed by atoms with Gasteiger partial charge in [0.05, 0.1) is 28.8 Å². The zero-order chi connectivity index (χ0) is 24.7. The number of halogens is 3. The lowest BCUT2D eigenvalue weighted by molar-refractivity contribution is -0.137. The largest absolute Gasteiger partial charge is 0.468 e. The van der Waals surface area contributed by atoms with E-state index < -0.39 is 32.2 Å². The van der Waals surface area contributed by atoms with Gasteiger partial charge in [-0.15, -0.1) is 0 Å². The summed E-state index contributed by atoms with van der Waals surface area (Å²) < 4.78 is 72.7. The van der Waals surface area contributed by atoms with Crippen LogP contribution in [-0.4, -0.2) is 17.7 Å². The van der Waals surface area contributed by atoms with Crippen molar-refractivity contribution < 1.29 is 26.0 Å². The van der Waals surface area contributed by atoms with Crippen molar-refractivity contribution in [1.82, 2.24) is 9.29 Å². The monoisotopic (exact) mass is 490 g/mol. The van der Waals surface area contributed by atoms with Crippen molar-refractivity contribution in [2.45, 2.75) is 38.0 Å². The number of aryl methyl sites for hydroxylation is 2. The summed E-state index contributed by atoms with van der Waals surface area (Å²) in [6.07, 6.45) is -3.35. The first-order valence-corrected chi connectivity index (χ1v) is 11.7. The molecule has 0 radical (unpaired) electrons. The zero-order valence-corrected chi connectivity index (χ0v) is 19.1. The number of aromatic amines is 1. The molecule has 0 amide bonds. The molecule has 0 saturated heterocycles. The Morgan fingerprint density at radius 3 is 2.38 bits per heavy atom. The van der Waals surface area contributed by atoms with E-state index in [4.69, 9.17) is 4.42 Å². The molecule has 0 aliphatic heterocycles. The van der Waals surface area contributed by atoms with Crippen molar-refractivity contribution >= 4 is 20.9 Å². The van der Waals surface area contributed by atoms with E-state index in [-0.39, 0.29) is 24.4 Å². The number of aromatic nitrogens is 1. The van der Waals surface area contributed by atoms with Crippen molar-refractivity contribution in [1.29, 1.82) is 0 Å². The van der Waals surface area contributed by atoms with E-state index in [2.05, 4.69) is 4.98 Å². The fourth-order valence-electron chi connectivity index (χ4n) is 3.71. The number of furan rings is 1. The Balaban J connectivity index is 1.81. The first-order chi connectivity index (χ1) is 16.0. The highest BCUT2D eigenvalue weighted by Crippen LogP contribution is 2.32. The van der Waals surface area contributed by atoms with Crippen LogP contribution < -0.4 is 5.56 Å². The van der Waals surface area contributed by atoms with Crippen molar-refractivity contribution in [3.8, 4) is 0 Å². The van der Waals surface area contributed by atoms with Crippen molar-refractivity contribution in [3.05, 3.63) is 99.2 Å². The average Bonchev–Trinajstić information content (AvgIpc) is 3.29. The maximum Gasteiger partial charge on any atom is 0.416 e. The number of nitrogens with zero attached hydrogens (tertiary/aromatic N) is 1. The number of alkyl halides is 3. The molecule has 178 valence electrons. The number of fused-ring (bicyclic) bond motifs is 1. The van der Waals surface area contributed by atoms with E-state index in [1.165, 1.54) is 6.26 Å². The van der Waals surface area contributed by atoms with Crippen LogP contribution in [0.2, 0.25) is 0 Å². The maximum absolute atomic E-state index is 13.4. The minimum Gasteiger partial charge on any atom is -0.468 e. The number of sulfonamides is 1. The molecule has 0 aliphatic carbocycles. The number of hydrogen-bond donors (Lipinski definition) is 1. The normalized spacial score (nSPS) is 12.5. The quantitative estimate of drug-likeness (QED) is 0.405. The summed E-state index contributed by atoms with van der Waals surface area (Å²) >= 11 is 0. The van der Waals surface area contributed by atoms with E-state index in [1.807, 2.05) is 26.0 Å². The van der Waals surface area contributed by atoms with E-state index in [0.29, 0.717) is 11.6 Å². The molecular formula is C24H21F3N2O4S. The van der Waals surface area contributed by atoms with Crippen LogP contribution in [-0.2, 0) is 29.3 Å². The lowest BCUT2D eigenvalue weighted by Crippen LogP contribution is -2.32. The second-order valence-electron chi connectivity index (χ2n) is 7.99. The third-order valence-corrected chi connectivity index (χ3v) is 7.37. The van der Waals surface area contributed by atoms with Gasteiger partial charge in [-0.25, -0.2) is 8.42 Å². The topological polar surface area (TPSA) is 83.4 Å². The molecule has 0 fully saturated rings. The van der Waals surface area contributed by atoms with Gasteiger partial charge in [0.25, 0.3) is 5.56 Å². The van der Waals surface area contributed by atoms with Gasteiger partial charge >= 0.3 is 6.18 Å². The zero-order valence-electron chi connectivity index (χ0n) is 18.3. The van der Waals surface area contributed by atoms with Crippen LogP contribution in [0.15, 0.2) is 75.0 Å². The van der Waals surface area contributed by atoms with Crippen LogP contribution in [0.3, 0.4) is 0 Å². The first kappa shape index (κ1) is 23.8. The van der Waals surface area contributed by atoms with Crippen LogP contribution in [0.4, 0.5) is 13.2 Å². The lowest BCUT2D eigenvalue weighted by Gasteiger charge is -2.22. The average molecular weight is 491 g/mol. The number of hydrogen-bond acceptors (Lipinski definition) is 4. The molecular weight excluding hydrogens is 469 g/mol. The predicted molar refractivity (Wildman–Crippen MR) is 121 cm³/mol. The van der Waals surface area contributed by atoms with Gasteiger partial charge in [0.2, 0.25) is 10.0 Å². The summed E-state index contributed by atoms with van der Waals surface area (Å²) in [5.74, 6) is 0.278. The third kappa shape index (κ3) is 4.64. The fraction of sp³-hybridized carbons (Fsp3) is 0.208. The molecule has 0 atom stereocenters. The molecule has 0 aliphatic rings. The van der Waals surface area contributed by atoms with Gasteiger partial charge in [0, 0.05) is 17.5 Å².